The molecule has 9 aromatic rings. The van der Waals surface area contributed by atoms with Gasteiger partial charge in [0.25, 0.3) is 0 Å². The van der Waals surface area contributed by atoms with Gasteiger partial charge in [-0.25, -0.2) is 0 Å². The molecule has 1 aromatic heterocycles. The first-order valence-electron chi connectivity index (χ1n) is 14.4. The Bertz CT molecular complexity index is 2470. The van der Waals surface area contributed by atoms with Crippen LogP contribution in [0.15, 0.2) is 152 Å². The lowest BCUT2D eigenvalue weighted by molar-refractivity contribution is 1.31. The number of anilines is 3. The van der Waals surface area contributed by atoms with Gasteiger partial charge in [0.1, 0.15) is 0 Å². The van der Waals surface area contributed by atoms with Crippen molar-refractivity contribution in [2.24, 2.45) is 0 Å². The molecular formula is C40H25NS. The minimum absolute atomic E-state index is 1.15. The number of hydrogen-bond acceptors (Lipinski definition) is 2. The molecule has 8 aromatic carbocycles. The number of benzene rings is 8. The van der Waals surface area contributed by atoms with Crippen LogP contribution >= 0.6 is 11.3 Å². The number of thiophene rings is 1. The van der Waals surface area contributed by atoms with E-state index < -0.39 is 0 Å². The first-order chi connectivity index (χ1) is 20.8. The zero-order valence-corrected chi connectivity index (χ0v) is 23.6. The van der Waals surface area contributed by atoms with Gasteiger partial charge in [-0.2, -0.15) is 0 Å². The Hall–Kier alpha value is -5.18. The molecule has 0 aliphatic rings. The summed E-state index contributed by atoms with van der Waals surface area (Å²) in [6.45, 7) is 0. The minimum Gasteiger partial charge on any atom is -0.310 e. The SMILES string of the molecule is c1ccc(N(c2ccc3sc4cc5ccccc5cc4c3c2)c2cc3ccc4ccccc4c3c3ccccc23)cc1. The molecule has 0 saturated carbocycles. The third-order valence-electron chi connectivity index (χ3n) is 8.56. The zero-order valence-electron chi connectivity index (χ0n) is 22.8. The van der Waals surface area contributed by atoms with Crippen LogP contribution in [0.3, 0.4) is 0 Å². The standard InChI is InChI=1S/C40H25NS/c1-2-13-30(14-3-1)41(31-20-21-38-36(25-31)35-22-27-11-4-5-12-28(27)24-39(35)42-38)37-23-29-19-18-26-10-6-7-15-32(26)40(29)34-17-9-8-16-33(34)37/h1-25H. The van der Waals surface area contributed by atoms with Crippen LogP contribution < -0.4 is 4.90 Å². The van der Waals surface area contributed by atoms with Crippen LogP contribution in [0.25, 0.3) is 63.3 Å². The highest BCUT2D eigenvalue weighted by atomic mass is 32.1. The maximum absolute atomic E-state index is 2.43. The van der Waals surface area contributed by atoms with Gasteiger partial charge in [-0.1, -0.05) is 103 Å². The molecule has 0 unspecified atom stereocenters. The predicted octanol–water partition coefficient (Wildman–Crippen LogP) is 12.1. The summed E-state index contributed by atoms with van der Waals surface area (Å²) in [5.41, 5.74) is 3.49. The molecule has 0 radical (unpaired) electrons. The molecule has 0 fully saturated rings. The van der Waals surface area contributed by atoms with Gasteiger partial charge >= 0.3 is 0 Å². The Morgan fingerprint density at radius 3 is 1.83 bits per heavy atom. The van der Waals surface area contributed by atoms with Crippen molar-refractivity contribution >= 4 is 91.7 Å². The van der Waals surface area contributed by atoms with Crippen molar-refractivity contribution in [2.45, 2.75) is 0 Å². The second-order valence-electron chi connectivity index (χ2n) is 11.0. The van der Waals surface area contributed by atoms with Crippen molar-refractivity contribution in [2.75, 3.05) is 4.90 Å². The summed E-state index contributed by atoms with van der Waals surface area (Å²) < 4.78 is 2.64. The highest BCUT2D eigenvalue weighted by Crippen LogP contribution is 2.45. The van der Waals surface area contributed by atoms with E-state index in [9.17, 15) is 0 Å². The maximum atomic E-state index is 2.43. The van der Waals surface area contributed by atoms with Crippen molar-refractivity contribution in [1.29, 1.82) is 0 Å². The van der Waals surface area contributed by atoms with E-state index in [-0.39, 0.29) is 0 Å². The molecule has 0 aliphatic heterocycles. The molecule has 0 atom stereocenters. The Labute approximate surface area is 247 Å². The normalized spacial score (nSPS) is 11.8. The predicted molar refractivity (Wildman–Crippen MR) is 184 cm³/mol. The third kappa shape index (κ3) is 3.56. The lowest BCUT2D eigenvalue weighted by Gasteiger charge is -2.28. The molecular weight excluding hydrogens is 527 g/mol. The number of hydrogen-bond donors (Lipinski definition) is 0. The minimum atomic E-state index is 1.15. The van der Waals surface area contributed by atoms with E-state index in [2.05, 4.69) is 157 Å². The highest BCUT2D eigenvalue weighted by Gasteiger charge is 2.19. The van der Waals surface area contributed by atoms with Crippen molar-refractivity contribution in [3.05, 3.63) is 152 Å². The van der Waals surface area contributed by atoms with Gasteiger partial charge in [-0.15, -0.1) is 11.3 Å². The topological polar surface area (TPSA) is 3.24 Å². The van der Waals surface area contributed by atoms with Crippen molar-refractivity contribution < 1.29 is 0 Å². The molecule has 1 heterocycles. The zero-order chi connectivity index (χ0) is 27.6. The van der Waals surface area contributed by atoms with Crippen LogP contribution in [0.1, 0.15) is 0 Å². The number of nitrogens with zero attached hydrogens (tertiary/aromatic N) is 1. The molecule has 0 N–H and O–H groups in total. The van der Waals surface area contributed by atoms with Gasteiger partial charge in [-0.05, 0) is 86.2 Å². The van der Waals surface area contributed by atoms with Gasteiger partial charge in [0, 0.05) is 36.9 Å². The lowest BCUT2D eigenvalue weighted by atomic mass is 9.94. The second-order valence-corrected chi connectivity index (χ2v) is 12.1. The van der Waals surface area contributed by atoms with Gasteiger partial charge < -0.3 is 4.90 Å². The number of rotatable bonds is 3. The van der Waals surface area contributed by atoms with Crippen molar-refractivity contribution in [1.82, 2.24) is 0 Å². The molecule has 42 heavy (non-hydrogen) atoms. The molecule has 0 amide bonds. The second kappa shape index (κ2) is 9.17. The van der Waals surface area contributed by atoms with E-state index in [0.717, 1.165) is 11.4 Å². The summed E-state index contributed by atoms with van der Waals surface area (Å²) in [7, 11) is 0. The molecule has 0 bridgehead atoms. The molecule has 0 saturated heterocycles. The van der Waals surface area contributed by atoms with E-state index in [1.165, 1.54) is 68.9 Å². The van der Waals surface area contributed by atoms with Crippen molar-refractivity contribution in [3.8, 4) is 0 Å². The maximum Gasteiger partial charge on any atom is 0.0546 e. The summed E-state index contributed by atoms with van der Waals surface area (Å²) in [5.74, 6) is 0. The van der Waals surface area contributed by atoms with Gasteiger partial charge in [0.15, 0.2) is 0 Å². The smallest absolute Gasteiger partial charge is 0.0546 e. The fourth-order valence-electron chi connectivity index (χ4n) is 6.64. The van der Waals surface area contributed by atoms with Crippen LogP contribution in [0.2, 0.25) is 0 Å². The molecule has 0 aliphatic carbocycles. The van der Waals surface area contributed by atoms with Gasteiger partial charge in [0.05, 0.1) is 5.69 Å². The van der Waals surface area contributed by atoms with Crippen LogP contribution in [-0.2, 0) is 0 Å². The molecule has 1 nitrogen and oxygen atoms in total. The molecule has 196 valence electrons. The molecule has 9 rings (SSSR count). The van der Waals surface area contributed by atoms with E-state index in [0.29, 0.717) is 0 Å². The van der Waals surface area contributed by atoms with Crippen LogP contribution in [-0.4, -0.2) is 0 Å². The first-order valence-corrected chi connectivity index (χ1v) is 15.2. The van der Waals surface area contributed by atoms with E-state index >= 15 is 0 Å². The summed E-state index contributed by atoms with van der Waals surface area (Å²) in [6, 6.07) is 55.6. The van der Waals surface area contributed by atoms with E-state index in [1.54, 1.807) is 0 Å². The van der Waals surface area contributed by atoms with Crippen LogP contribution in [0.5, 0.6) is 0 Å². The fourth-order valence-corrected chi connectivity index (χ4v) is 7.75. The quantitative estimate of drug-likeness (QED) is 0.197. The number of para-hydroxylation sites is 1. The van der Waals surface area contributed by atoms with Crippen LogP contribution in [0, 0.1) is 0 Å². The van der Waals surface area contributed by atoms with Gasteiger partial charge in [0.2, 0.25) is 0 Å². The Kier molecular flexibility index (Phi) is 5.13. The average Bonchev–Trinajstić information content (AvgIpc) is 3.40. The summed E-state index contributed by atoms with van der Waals surface area (Å²) in [5, 5.41) is 12.8. The van der Waals surface area contributed by atoms with E-state index in [1.807, 2.05) is 11.3 Å². The Morgan fingerprint density at radius 2 is 1.00 bits per heavy atom. The van der Waals surface area contributed by atoms with E-state index in [4.69, 9.17) is 0 Å². The lowest BCUT2D eigenvalue weighted by Crippen LogP contribution is -2.10. The third-order valence-corrected chi connectivity index (χ3v) is 9.69. The van der Waals surface area contributed by atoms with Gasteiger partial charge in [-0.3, -0.25) is 0 Å². The average molecular weight is 552 g/mol. The Balaban J connectivity index is 1.35. The largest absolute Gasteiger partial charge is 0.310 e. The first kappa shape index (κ1) is 23.5. The molecule has 0 spiro atoms. The monoisotopic (exact) mass is 551 g/mol. The number of fused-ring (bicyclic) bond motifs is 9. The van der Waals surface area contributed by atoms with Crippen molar-refractivity contribution in [3.63, 3.8) is 0 Å². The van der Waals surface area contributed by atoms with Crippen LogP contribution in [0.4, 0.5) is 17.1 Å². The summed E-state index contributed by atoms with van der Waals surface area (Å²) in [6.07, 6.45) is 0. The summed E-state index contributed by atoms with van der Waals surface area (Å²) in [4.78, 5) is 2.43. The fraction of sp³-hybridized carbons (Fsp3) is 0. The Morgan fingerprint density at radius 1 is 0.357 bits per heavy atom. The molecule has 2 heteroatoms. The highest BCUT2D eigenvalue weighted by molar-refractivity contribution is 7.25. The summed E-state index contributed by atoms with van der Waals surface area (Å²) >= 11 is 1.88.